The molecule has 1 unspecified atom stereocenters. The van der Waals surface area contributed by atoms with Crippen molar-refractivity contribution in [2.45, 2.75) is 13.0 Å². The lowest BCUT2D eigenvalue weighted by atomic mass is 10.2. The molecule has 0 fully saturated rings. The van der Waals surface area contributed by atoms with Crippen molar-refractivity contribution in [1.29, 1.82) is 0 Å². The average Bonchev–Trinajstić information content (AvgIpc) is 2.06. The van der Waals surface area contributed by atoms with E-state index in [9.17, 15) is 0 Å². The molecule has 4 heteroatoms. The summed E-state index contributed by atoms with van der Waals surface area (Å²) in [5.41, 5.74) is 6.18. The van der Waals surface area contributed by atoms with E-state index in [1.165, 1.54) is 0 Å². The van der Waals surface area contributed by atoms with Gasteiger partial charge in [0.15, 0.2) is 0 Å². The van der Waals surface area contributed by atoms with E-state index in [1.807, 2.05) is 0 Å². The Bertz CT molecular complexity index is 366. The molecule has 0 radical (unpaired) electrons. The zero-order chi connectivity index (χ0) is 9.84. The highest BCUT2D eigenvalue weighted by Crippen LogP contribution is 2.13. The summed E-state index contributed by atoms with van der Waals surface area (Å²) in [6.07, 6.45) is 0.946. The van der Waals surface area contributed by atoms with Crippen LogP contribution in [0.15, 0.2) is 16.7 Å². The number of nitrogen functional groups attached to an aromatic ring is 1. The van der Waals surface area contributed by atoms with Crippen LogP contribution in [0.2, 0.25) is 0 Å². The Morgan fingerprint density at radius 3 is 3.00 bits per heavy atom. The molecule has 13 heavy (non-hydrogen) atoms. The summed E-state index contributed by atoms with van der Waals surface area (Å²) in [6.45, 7) is 1.59. The zero-order valence-corrected chi connectivity index (χ0v) is 8.67. The topological polar surface area (TPSA) is 59.1 Å². The molecule has 1 heterocycles. The average molecular weight is 241 g/mol. The zero-order valence-electron chi connectivity index (χ0n) is 7.08. The first-order valence-electron chi connectivity index (χ1n) is 3.70. The van der Waals surface area contributed by atoms with Gasteiger partial charge in [-0.25, -0.2) is 4.98 Å². The minimum absolute atomic E-state index is 0.372. The van der Waals surface area contributed by atoms with Crippen LogP contribution in [0.5, 0.6) is 0 Å². The van der Waals surface area contributed by atoms with Gasteiger partial charge in [0.25, 0.3) is 0 Å². The van der Waals surface area contributed by atoms with Crippen LogP contribution >= 0.6 is 15.9 Å². The minimum atomic E-state index is -0.654. The lowest BCUT2D eigenvalue weighted by Gasteiger charge is -1.97. The summed E-state index contributed by atoms with van der Waals surface area (Å²) < 4.78 is 0.816. The summed E-state index contributed by atoms with van der Waals surface area (Å²) in [6, 6.07) is 1.76. The Hall–Kier alpha value is -1.05. The van der Waals surface area contributed by atoms with Crippen LogP contribution in [-0.2, 0) is 0 Å². The maximum absolute atomic E-state index is 8.93. The first-order valence-corrected chi connectivity index (χ1v) is 4.49. The van der Waals surface area contributed by atoms with E-state index in [1.54, 1.807) is 19.2 Å². The molecule has 1 aromatic rings. The third-order valence-electron chi connectivity index (χ3n) is 1.30. The number of halogens is 1. The molecule has 0 saturated carbocycles. The molecule has 0 spiro atoms. The minimum Gasteiger partial charge on any atom is -0.383 e. The lowest BCUT2D eigenvalue weighted by molar-refractivity contribution is 0.253. The number of aromatic nitrogens is 1. The predicted octanol–water partition coefficient (Wildman–Crippen LogP) is 1.16. The fraction of sp³-hybridized carbons (Fsp3) is 0.222. The van der Waals surface area contributed by atoms with Gasteiger partial charge in [0.05, 0.1) is 5.56 Å². The monoisotopic (exact) mass is 240 g/mol. The third kappa shape index (κ3) is 3.05. The SMILES string of the molecule is CC(O)C#Cc1cc(Br)cnc1N. The molecule has 1 atom stereocenters. The quantitative estimate of drug-likeness (QED) is 0.670. The van der Waals surface area contributed by atoms with Crippen molar-refractivity contribution in [2.24, 2.45) is 0 Å². The summed E-state index contributed by atoms with van der Waals surface area (Å²) >= 11 is 3.25. The molecule has 1 aromatic heterocycles. The van der Waals surface area contributed by atoms with Crippen LogP contribution in [0.4, 0.5) is 5.82 Å². The Morgan fingerprint density at radius 2 is 2.38 bits per heavy atom. The van der Waals surface area contributed by atoms with E-state index < -0.39 is 6.10 Å². The van der Waals surface area contributed by atoms with E-state index in [-0.39, 0.29) is 0 Å². The number of hydrogen-bond donors (Lipinski definition) is 2. The normalized spacial score (nSPS) is 11.6. The summed E-state index contributed by atoms with van der Waals surface area (Å²) in [5, 5.41) is 8.93. The number of rotatable bonds is 0. The molecule has 3 nitrogen and oxygen atoms in total. The third-order valence-corrected chi connectivity index (χ3v) is 1.73. The van der Waals surface area contributed by atoms with Crippen LogP contribution < -0.4 is 5.73 Å². The van der Waals surface area contributed by atoms with E-state index in [4.69, 9.17) is 10.8 Å². The molecule has 1 rings (SSSR count). The molecular weight excluding hydrogens is 232 g/mol. The van der Waals surface area contributed by atoms with Crippen molar-refractivity contribution in [3.8, 4) is 11.8 Å². The molecule has 0 bridgehead atoms. The Labute approximate surface area is 85.1 Å². The summed E-state index contributed by atoms with van der Waals surface area (Å²) in [4.78, 5) is 3.90. The number of aliphatic hydroxyl groups is 1. The van der Waals surface area contributed by atoms with E-state index in [2.05, 4.69) is 32.8 Å². The predicted molar refractivity (Wildman–Crippen MR) is 54.9 cm³/mol. The van der Waals surface area contributed by atoms with Gasteiger partial charge in [-0.15, -0.1) is 0 Å². The van der Waals surface area contributed by atoms with Crippen LogP contribution in [-0.4, -0.2) is 16.2 Å². The number of hydrogen-bond acceptors (Lipinski definition) is 3. The van der Waals surface area contributed by atoms with Crippen LogP contribution in [0.3, 0.4) is 0 Å². The van der Waals surface area contributed by atoms with Gasteiger partial charge in [-0.3, -0.25) is 0 Å². The molecule has 0 aromatic carbocycles. The second-order valence-corrected chi connectivity index (χ2v) is 3.45. The van der Waals surface area contributed by atoms with Crippen LogP contribution in [0.25, 0.3) is 0 Å². The van der Waals surface area contributed by atoms with Crippen LogP contribution in [0.1, 0.15) is 12.5 Å². The van der Waals surface area contributed by atoms with Crippen molar-refractivity contribution >= 4 is 21.7 Å². The Morgan fingerprint density at radius 1 is 1.69 bits per heavy atom. The fourth-order valence-electron chi connectivity index (χ4n) is 0.732. The largest absolute Gasteiger partial charge is 0.383 e. The summed E-state index contributed by atoms with van der Waals surface area (Å²) in [7, 11) is 0. The Balaban J connectivity index is 3.02. The highest BCUT2D eigenvalue weighted by Gasteiger charge is 1.97. The van der Waals surface area contributed by atoms with Crippen molar-refractivity contribution in [3.63, 3.8) is 0 Å². The van der Waals surface area contributed by atoms with Crippen molar-refractivity contribution in [2.75, 3.05) is 5.73 Å². The van der Waals surface area contributed by atoms with Crippen molar-refractivity contribution in [3.05, 3.63) is 22.3 Å². The highest BCUT2D eigenvalue weighted by atomic mass is 79.9. The molecular formula is C9H9BrN2O. The van der Waals surface area contributed by atoms with Gasteiger partial charge in [-0.1, -0.05) is 11.8 Å². The second-order valence-electron chi connectivity index (χ2n) is 2.53. The smallest absolute Gasteiger partial charge is 0.139 e. The maximum Gasteiger partial charge on any atom is 0.139 e. The van der Waals surface area contributed by atoms with Crippen molar-refractivity contribution < 1.29 is 5.11 Å². The van der Waals surface area contributed by atoms with Gasteiger partial charge in [-0.05, 0) is 28.9 Å². The highest BCUT2D eigenvalue weighted by molar-refractivity contribution is 9.10. The van der Waals surface area contributed by atoms with E-state index >= 15 is 0 Å². The maximum atomic E-state index is 8.93. The second kappa shape index (κ2) is 4.26. The summed E-state index contributed by atoms with van der Waals surface area (Å²) in [5.74, 6) is 5.70. The van der Waals surface area contributed by atoms with E-state index in [0.717, 1.165) is 4.47 Å². The number of pyridine rings is 1. The van der Waals surface area contributed by atoms with Gasteiger partial charge in [0.2, 0.25) is 0 Å². The number of anilines is 1. The lowest BCUT2D eigenvalue weighted by Crippen LogP contribution is -1.96. The first-order chi connectivity index (χ1) is 6.09. The first kappa shape index (κ1) is 10.0. The fourth-order valence-corrected chi connectivity index (χ4v) is 1.06. The molecule has 0 aliphatic carbocycles. The molecule has 0 amide bonds. The van der Waals surface area contributed by atoms with Gasteiger partial charge >= 0.3 is 0 Å². The van der Waals surface area contributed by atoms with E-state index in [0.29, 0.717) is 11.4 Å². The van der Waals surface area contributed by atoms with Crippen LogP contribution in [0, 0.1) is 11.8 Å². The van der Waals surface area contributed by atoms with Crippen molar-refractivity contribution in [1.82, 2.24) is 4.98 Å². The standard InChI is InChI=1S/C9H9BrN2O/c1-6(13)2-3-7-4-8(10)5-12-9(7)11/h4-6,13H,1H3,(H2,11,12). The molecule has 0 aliphatic rings. The van der Waals surface area contributed by atoms with Gasteiger partial charge in [0, 0.05) is 10.7 Å². The number of nitrogens with zero attached hydrogens (tertiary/aromatic N) is 1. The Kier molecular flexibility index (Phi) is 3.29. The molecule has 0 aliphatic heterocycles. The molecule has 68 valence electrons. The molecule has 0 saturated heterocycles. The molecule has 3 N–H and O–H groups in total. The number of nitrogens with two attached hydrogens (primary N) is 1. The van der Waals surface area contributed by atoms with Gasteiger partial charge in [0.1, 0.15) is 11.9 Å². The van der Waals surface area contributed by atoms with Gasteiger partial charge in [-0.2, -0.15) is 0 Å². The van der Waals surface area contributed by atoms with Gasteiger partial charge < -0.3 is 10.8 Å². The number of aliphatic hydroxyl groups excluding tert-OH is 1.